The highest BCUT2D eigenvalue weighted by atomic mass is 32.2. The summed E-state index contributed by atoms with van der Waals surface area (Å²) in [5, 5.41) is 6.22. The molecular formula is C28H37F3N6O4S. The Morgan fingerprint density at radius 2 is 1.74 bits per heavy atom. The Bertz CT molecular complexity index is 1360. The van der Waals surface area contributed by atoms with Crippen molar-refractivity contribution in [2.24, 2.45) is 10.9 Å². The lowest BCUT2D eigenvalue weighted by atomic mass is 9.88. The first-order valence-electron chi connectivity index (χ1n) is 14.4. The Kier molecular flexibility index (Phi) is 8.68. The third kappa shape index (κ3) is 6.65. The van der Waals surface area contributed by atoms with Crippen molar-refractivity contribution in [3.05, 3.63) is 34.7 Å². The maximum atomic E-state index is 13.9. The van der Waals surface area contributed by atoms with Gasteiger partial charge in [-0.1, -0.05) is 25.3 Å². The van der Waals surface area contributed by atoms with Crippen LogP contribution in [0.1, 0.15) is 56.1 Å². The molecule has 10 nitrogen and oxygen atoms in total. The first-order chi connectivity index (χ1) is 19.9. The molecule has 0 aromatic heterocycles. The number of piperazine rings is 1. The van der Waals surface area contributed by atoms with Gasteiger partial charge in [0.15, 0.2) is 0 Å². The number of anilines is 1. The quantitative estimate of drug-likeness (QED) is 0.528. The fourth-order valence-electron chi connectivity index (χ4n) is 6.04. The summed E-state index contributed by atoms with van der Waals surface area (Å²) in [7, 11) is -2.14. The summed E-state index contributed by atoms with van der Waals surface area (Å²) in [6, 6.07) is 2.78. The van der Waals surface area contributed by atoms with Crippen molar-refractivity contribution in [1.29, 1.82) is 0 Å². The van der Waals surface area contributed by atoms with Crippen LogP contribution >= 0.6 is 0 Å². The minimum Gasteiger partial charge on any atom is -0.322 e. The second-order valence-electron chi connectivity index (χ2n) is 11.6. The van der Waals surface area contributed by atoms with Gasteiger partial charge in [-0.05, 0) is 56.5 Å². The molecule has 0 bridgehead atoms. The predicted molar refractivity (Wildman–Crippen MR) is 153 cm³/mol. The van der Waals surface area contributed by atoms with E-state index in [1.807, 2.05) is 7.05 Å². The average Bonchev–Trinajstić information content (AvgIpc) is 3.28. The molecule has 2 N–H and O–H groups in total. The van der Waals surface area contributed by atoms with Gasteiger partial charge in [0.1, 0.15) is 11.4 Å². The van der Waals surface area contributed by atoms with Crippen molar-refractivity contribution in [3.63, 3.8) is 0 Å². The molecular weight excluding hydrogens is 573 g/mol. The van der Waals surface area contributed by atoms with Crippen LogP contribution in [0.3, 0.4) is 0 Å². The van der Waals surface area contributed by atoms with Crippen molar-refractivity contribution in [3.8, 4) is 0 Å². The van der Waals surface area contributed by atoms with E-state index in [4.69, 9.17) is 4.99 Å². The fraction of sp³-hybridized carbons (Fsp3) is 0.607. The number of hydrogen-bond acceptors (Lipinski definition) is 6. The van der Waals surface area contributed by atoms with Crippen LogP contribution in [0.15, 0.2) is 28.6 Å². The molecule has 3 fully saturated rings. The lowest BCUT2D eigenvalue weighted by Gasteiger charge is -2.34. The zero-order valence-corrected chi connectivity index (χ0v) is 24.4. The number of alkyl halides is 3. The van der Waals surface area contributed by atoms with E-state index in [0.29, 0.717) is 32.0 Å². The molecule has 5 rings (SSSR count). The van der Waals surface area contributed by atoms with Crippen LogP contribution < -0.4 is 10.6 Å². The van der Waals surface area contributed by atoms with E-state index in [9.17, 15) is 31.2 Å². The fourth-order valence-corrected chi connectivity index (χ4v) is 7.23. The van der Waals surface area contributed by atoms with E-state index < -0.39 is 33.3 Å². The first-order valence-corrected chi connectivity index (χ1v) is 15.9. The molecule has 3 heterocycles. The van der Waals surface area contributed by atoms with Crippen LogP contribution in [-0.2, 0) is 21.0 Å². The van der Waals surface area contributed by atoms with E-state index in [-0.39, 0.29) is 49.0 Å². The monoisotopic (exact) mass is 610 g/mol. The minimum absolute atomic E-state index is 0.0319. The molecule has 3 aliphatic heterocycles. The largest absolute Gasteiger partial charge is 0.417 e. The highest BCUT2D eigenvalue weighted by Crippen LogP contribution is 2.37. The number of nitrogens with one attached hydrogen (secondary N) is 2. The van der Waals surface area contributed by atoms with Crippen molar-refractivity contribution in [1.82, 2.24) is 19.4 Å². The SMILES string of the molecule is CN1CCN(C(=O)Nc2ccc(C=CS(=O)(=O)N3CCC4(CC3)N=C(C3CCCCC3)NC4=O)c(C(F)(F)F)c2)CC1. The Morgan fingerprint density at radius 1 is 1.07 bits per heavy atom. The molecule has 1 aromatic rings. The van der Waals surface area contributed by atoms with Gasteiger partial charge in [0.25, 0.3) is 5.91 Å². The van der Waals surface area contributed by atoms with Crippen LogP contribution in [0.5, 0.6) is 0 Å². The minimum atomic E-state index is -4.78. The number of carbonyl (C=O) groups excluding carboxylic acids is 2. The summed E-state index contributed by atoms with van der Waals surface area (Å²) in [6.45, 7) is 2.32. The summed E-state index contributed by atoms with van der Waals surface area (Å²) in [5.74, 6) is 0.727. The molecule has 1 spiro atoms. The van der Waals surface area contributed by atoms with E-state index in [1.54, 1.807) is 0 Å². The number of sulfonamides is 1. The summed E-state index contributed by atoms with van der Waals surface area (Å²) in [4.78, 5) is 33.7. The first kappa shape index (κ1) is 30.5. The molecule has 4 aliphatic rings. The normalized spacial score (nSPS) is 22.9. The van der Waals surface area contributed by atoms with Crippen LogP contribution in [0.25, 0.3) is 6.08 Å². The number of amidine groups is 1. The topological polar surface area (TPSA) is 114 Å². The summed E-state index contributed by atoms with van der Waals surface area (Å²) in [6.07, 6.45) is 1.87. The highest BCUT2D eigenvalue weighted by molar-refractivity contribution is 7.92. The highest BCUT2D eigenvalue weighted by Gasteiger charge is 2.48. The number of nitrogens with zero attached hydrogens (tertiary/aromatic N) is 4. The number of amides is 3. The van der Waals surface area contributed by atoms with Gasteiger partial charge >= 0.3 is 12.2 Å². The molecule has 0 radical (unpaired) electrons. The maximum Gasteiger partial charge on any atom is 0.417 e. The number of likely N-dealkylation sites (N-methyl/N-ethyl adjacent to an activating group) is 1. The molecule has 230 valence electrons. The summed E-state index contributed by atoms with van der Waals surface area (Å²) in [5.41, 5.74) is -2.42. The molecule has 0 unspecified atom stereocenters. The third-order valence-electron chi connectivity index (χ3n) is 8.72. The second kappa shape index (κ2) is 12.0. The smallest absolute Gasteiger partial charge is 0.322 e. The van der Waals surface area contributed by atoms with Gasteiger partial charge in [-0.2, -0.15) is 17.5 Å². The summed E-state index contributed by atoms with van der Waals surface area (Å²) >= 11 is 0. The van der Waals surface area contributed by atoms with Gasteiger partial charge in [-0.15, -0.1) is 0 Å². The predicted octanol–water partition coefficient (Wildman–Crippen LogP) is 3.73. The lowest BCUT2D eigenvalue weighted by Crippen LogP contribution is -2.50. The third-order valence-corrected chi connectivity index (χ3v) is 10.3. The van der Waals surface area contributed by atoms with Crippen molar-refractivity contribution in [2.75, 3.05) is 51.6 Å². The molecule has 42 heavy (non-hydrogen) atoms. The molecule has 0 atom stereocenters. The zero-order chi connectivity index (χ0) is 30.1. The van der Waals surface area contributed by atoms with Gasteiger partial charge in [0, 0.05) is 56.3 Å². The van der Waals surface area contributed by atoms with Gasteiger partial charge in [-0.25, -0.2) is 13.2 Å². The van der Waals surface area contributed by atoms with E-state index >= 15 is 0 Å². The maximum absolute atomic E-state index is 13.9. The Morgan fingerprint density at radius 3 is 2.38 bits per heavy atom. The van der Waals surface area contributed by atoms with Crippen molar-refractivity contribution < 1.29 is 31.2 Å². The van der Waals surface area contributed by atoms with Gasteiger partial charge in [-0.3, -0.25) is 9.79 Å². The van der Waals surface area contributed by atoms with Gasteiger partial charge in [0.2, 0.25) is 10.0 Å². The number of hydrogen-bond donors (Lipinski definition) is 2. The van der Waals surface area contributed by atoms with Crippen LogP contribution in [0.4, 0.5) is 23.7 Å². The molecule has 14 heteroatoms. The molecule has 1 aromatic carbocycles. The van der Waals surface area contributed by atoms with Crippen LogP contribution in [-0.4, -0.2) is 92.2 Å². The number of piperidine rings is 1. The number of benzene rings is 1. The second-order valence-corrected chi connectivity index (χ2v) is 13.4. The Hall–Kier alpha value is -2.97. The van der Waals surface area contributed by atoms with E-state index in [1.165, 1.54) is 21.7 Å². The van der Waals surface area contributed by atoms with Crippen molar-refractivity contribution >= 4 is 39.6 Å². The number of rotatable bonds is 5. The van der Waals surface area contributed by atoms with Gasteiger partial charge < -0.3 is 20.4 Å². The van der Waals surface area contributed by atoms with Gasteiger partial charge in [0.05, 0.1) is 5.56 Å². The van der Waals surface area contributed by atoms with Crippen molar-refractivity contribution in [2.45, 2.75) is 56.7 Å². The Balaban J connectivity index is 1.25. The zero-order valence-electron chi connectivity index (χ0n) is 23.6. The van der Waals surface area contributed by atoms with E-state index in [0.717, 1.165) is 49.3 Å². The number of urea groups is 1. The average molecular weight is 611 g/mol. The van der Waals surface area contributed by atoms with Crippen LogP contribution in [0, 0.1) is 5.92 Å². The number of halogens is 3. The Labute approximate surface area is 244 Å². The molecule has 2 saturated heterocycles. The van der Waals surface area contributed by atoms with E-state index in [2.05, 4.69) is 15.5 Å². The molecule has 1 saturated carbocycles. The molecule has 1 aliphatic carbocycles. The standard InChI is InChI=1S/C28H37F3N6O4S/c1-35-14-16-36(17-15-35)26(39)32-22-8-7-20(23(19-22)28(29,30)31)9-18-42(40,41)37-12-10-27(11-13-37)25(38)33-24(34-27)21-5-3-2-4-6-21/h7-9,18-19,21H,2-6,10-17H2,1H3,(H,32,39)(H,33,34,38). The number of carbonyl (C=O) groups is 2. The summed E-state index contributed by atoms with van der Waals surface area (Å²) < 4.78 is 69.2. The van der Waals surface area contributed by atoms with Crippen LogP contribution in [0.2, 0.25) is 0 Å². The number of aliphatic imine (C=N–C) groups is 1. The lowest BCUT2D eigenvalue weighted by molar-refractivity contribution is -0.137. The molecule has 3 amide bonds.